The third kappa shape index (κ3) is 2.99. The summed E-state index contributed by atoms with van der Waals surface area (Å²) in [4.78, 5) is 16.5. The van der Waals surface area contributed by atoms with E-state index >= 15 is 0 Å². The van der Waals surface area contributed by atoms with Crippen LogP contribution >= 0.6 is 0 Å². The summed E-state index contributed by atoms with van der Waals surface area (Å²) in [5.41, 5.74) is 5.85. The van der Waals surface area contributed by atoms with E-state index in [4.69, 9.17) is 5.73 Å². The molecule has 4 heteroatoms. The zero-order chi connectivity index (χ0) is 12.3. The highest BCUT2D eigenvalue weighted by molar-refractivity contribution is 5.77. The van der Waals surface area contributed by atoms with Gasteiger partial charge in [-0.2, -0.15) is 0 Å². The zero-order valence-corrected chi connectivity index (χ0v) is 10.9. The van der Waals surface area contributed by atoms with Gasteiger partial charge in [0.05, 0.1) is 0 Å². The van der Waals surface area contributed by atoms with Gasteiger partial charge in [0.25, 0.3) is 0 Å². The van der Waals surface area contributed by atoms with Gasteiger partial charge in [-0.15, -0.1) is 0 Å². The highest BCUT2D eigenvalue weighted by atomic mass is 16.2. The number of nitrogens with zero attached hydrogens (tertiary/aromatic N) is 2. The minimum atomic E-state index is 0.251. The molecule has 2 aliphatic rings. The molecule has 2 N–H and O–H groups in total. The van der Waals surface area contributed by atoms with Gasteiger partial charge < -0.3 is 10.6 Å². The fourth-order valence-electron chi connectivity index (χ4n) is 3.13. The summed E-state index contributed by atoms with van der Waals surface area (Å²) in [6.07, 6.45) is 5.43. The Bertz CT molecular complexity index is 263. The SMILES string of the molecule is CC1CCCN1C(CN)CC(=O)N1CCCC1. The van der Waals surface area contributed by atoms with Crippen LogP contribution in [-0.2, 0) is 4.79 Å². The van der Waals surface area contributed by atoms with Crippen LogP contribution in [0.1, 0.15) is 39.0 Å². The average Bonchev–Trinajstić information content (AvgIpc) is 2.96. The Balaban J connectivity index is 1.87. The number of likely N-dealkylation sites (tertiary alicyclic amines) is 2. The van der Waals surface area contributed by atoms with Crippen molar-refractivity contribution in [2.24, 2.45) is 5.73 Å². The standard InChI is InChI=1S/C13H25N3O/c1-11-5-4-8-16(11)12(10-14)9-13(17)15-6-2-3-7-15/h11-12H,2-10,14H2,1H3. The Morgan fingerprint density at radius 3 is 2.53 bits per heavy atom. The van der Waals surface area contributed by atoms with Crippen LogP contribution in [0.5, 0.6) is 0 Å². The lowest BCUT2D eigenvalue weighted by molar-refractivity contribution is -0.131. The monoisotopic (exact) mass is 239 g/mol. The van der Waals surface area contributed by atoms with E-state index in [1.54, 1.807) is 0 Å². The predicted octanol–water partition coefficient (Wildman–Crippen LogP) is 0.811. The molecule has 17 heavy (non-hydrogen) atoms. The van der Waals surface area contributed by atoms with Crippen LogP contribution in [-0.4, -0.2) is 54.0 Å². The van der Waals surface area contributed by atoms with Gasteiger partial charge in [0.15, 0.2) is 0 Å². The van der Waals surface area contributed by atoms with Crippen molar-refractivity contribution in [3.05, 3.63) is 0 Å². The molecule has 0 aliphatic carbocycles. The van der Waals surface area contributed by atoms with E-state index in [2.05, 4.69) is 11.8 Å². The van der Waals surface area contributed by atoms with E-state index < -0.39 is 0 Å². The Kier molecular flexibility index (Phi) is 4.40. The quantitative estimate of drug-likeness (QED) is 0.790. The largest absolute Gasteiger partial charge is 0.343 e. The molecule has 2 saturated heterocycles. The van der Waals surface area contributed by atoms with Gasteiger partial charge in [-0.1, -0.05) is 0 Å². The molecule has 0 spiro atoms. The smallest absolute Gasteiger partial charge is 0.224 e. The third-order valence-electron chi connectivity index (χ3n) is 4.21. The van der Waals surface area contributed by atoms with E-state index in [9.17, 15) is 4.79 Å². The molecule has 2 heterocycles. The van der Waals surface area contributed by atoms with Crippen molar-refractivity contribution in [1.29, 1.82) is 0 Å². The van der Waals surface area contributed by atoms with Crippen molar-refractivity contribution in [2.45, 2.75) is 51.1 Å². The number of carbonyl (C=O) groups excluding carboxylic acids is 1. The zero-order valence-electron chi connectivity index (χ0n) is 10.9. The van der Waals surface area contributed by atoms with E-state index in [0.717, 1.165) is 19.6 Å². The molecule has 0 radical (unpaired) electrons. The van der Waals surface area contributed by atoms with Crippen molar-refractivity contribution in [3.63, 3.8) is 0 Å². The predicted molar refractivity (Wildman–Crippen MR) is 68.7 cm³/mol. The fraction of sp³-hybridized carbons (Fsp3) is 0.923. The third-order valence-corrected chi connectivity index (χ3v) is 4.21. The maximum atomic E-state index is 12.1. The fourth-order valence-corrected chi connectivity index (χ4v) is 3.13. The number of hydrogen-bond acceptors (Lipinski definition) is 3. The van der Waals surface area contributed by atoms with Gasteiger partial charge >= 0.3 is 0 Å². The average molecular weight is 239 g/mol. The second kappa shape index (κ2) is 5.83. The maximum absolute atomic E-state index is 12.1. The minimum Gasteiger partial charge on any atom is -0.343 e. The van der Waals surface area contributed by atoms with Crippen LogP contribution in [0, 0.1) is 0 Å². The number of nitrogens with two attached hydrogens (primary N) is 1. The molecule has 1 amide bonds. The Morgan fingerprint density at radius 1 is 1.29 bits per heavy atom. The molecule has 2 aliphatic heterocycles. The highest BCUT2D eigenvalue weighted by Crippen LogP contribution is 2.21. The first-order valence-electron chi connectivity index (χ1n) is 6.96. The summed E-state index contributed by atoms with van der Waals surface area (Å²) in [5.74, 6) is 0.303. The van der Waals surface area contributed by atoms with Crippen molar-refractivity contribution >= 4 is 5.91 Å². The molecule has 98 valence electrons. The molecule has 0 saturated carbocycles. The van der Waals surface area contributed by atoms with Crippen LogP contribution < -0.4 is 5.73 Å². The first kappa shape index (κ1) is 12.8. The molecule has 0 bridgehead atoms. The second-order valence-corrected chi connectivity index (χ2v) is 5.41. The summed E-state index contributed by atoms with van der Waals surface area (Å²) in [6.45, 7) is 5.85. The minimum absolute atomic E-state index is 0.251. The molecule has 0 aromatic heterocycles. The molecule has 2 atom stereocenters. The summed E-state index contributed by atoms with van der Waals surface area (Å²) in [7, 11) is 0. The Morgan fingerprint density at radius 2 is 2.00 bits per heavy atom. The molecule has 0 aromatic carbocycles. The second-order valence-electron chi connectivity index (χ2n) is 5.41. The van der Waals surface area contributed by atoms with Crippen molar-refractivity contribution in [1.82, 2.24) is 9.80 Å². The van der Waals surface area contributed by atoms with Crippen molar-refractivity contribution in [2.75, 3.05) is 26.2 Å². The highest BCUT2D eigenvalue weighted by Gasteiger charge is 2.30. The van der Waals surface area contributed by atoms with Gasteiger partial charge in [-0.05, 0) is 39.2 Å². The van der Waals surface area contributed by atoms with Crippen LogP contribution in [0.15, 0.2) is 0 Å². The van der Waals surface area contributed by atoms with E-state index in [1.165, 1.54) is 25.7 Å². The lowest BCUT2D eigenvalue weighted by atomic mass is 10.1. The number of hydrogen-bond donors (Lipinski definition) is 1. The Hall–Kier alpha value is -0.610. The van der Waals surface area contributed by atoms with Gasteiger partial charge in [-0.25, -0.2) is 0 Å². The van der Waals surface area contributed by atoms with Gasteiger partial charge in [0.1, 0.15) is 0 Å². The molecule has 2 fully saturated rings. The van der Waals surface area contributed by atoms with Gasteiger partial charge in [0, 0.05) is 38.1 Å². The lowest BCUT2D eigenvalue weighted by Gasteiger charge is -2.31. The number of carbonyl (C=O) groups is 1. The molecular formula is C13H25N3O. The number of rotatable bonds is 4. The van der Waals surface area contributed by atoms with E-state index in [1.807, 2.05) is 4.90 Å². The topological polar surface area (TPSA) is 49.6 Å². The van der Waals surface area contributed by atoms with Crippen LogP contribution in [0.3, 0.4) is 0 Å². The molecule has 2 unspecified atom stereocenters. The van der Waals surface area contributed by atoms with Crippen molar-refractivity contribution in [3.8, 4) is 0 Å². The molecule has 4 nitrogen and oxygen atoms in total. The molecular weight excluding hydrogens is 214 g/mol. The first-order valence-corrected chi connectivity index (χ1v) is 6.96. The van der Waals surface area contributed by atoms with Crippen LogP contribution in [0.2, 0.25) is 0 Å². The summed E-state index contributed by atoms with van der Waals surface area (Å²) >= 11 is 0. The summed E-state index contributed by atoms with van der Waals surface area (Å²) in [5, 5.41) is 0. The normalized spacial score (nSPS) is 27.6. The number of amides is 1. The van der Waals surface area contributed by atoms with E-state index in [-0.39, 0.29) is 6.04 Å². The summed E-state index contributed by atoms with van der Waals surface area (Å²) < 4.78 is 0. The van der Waals surface area contributed by atoms with Crippen LogP contribution in [0.4, 0.5) is 0 Å². The first-order chi connectivity index (χ1) is 8.22. The molecule has 2 rings (SSSR count). The van der Waals surface area contributed by atoms with Crippen molar-refractivity contribution < 1.29 is 4.79 Å². The van der Waals surface area contributed by atoms with Gasteiger partial charge in [0.2, 0.25) is 5.91 Å². The Labute approximate surface area is 104 Å². The molecule has 0 aromatic rings. The summed E-state index contributed by atoms with van der Waals surface area (Å²) in [6, 6.07) is 0.843. The van der Waals surface area contributed by atoms with E-state index in [0.29, 0.717) is 24.9 Å². The van der Waals surface area contributed by atoms with Crippen LogP contribution in [0.25, 0.3) is 0 Å². The van der Waals surface area contributed by atoms with Gasteiger partial charge in [-0.3, -0.25) is 9.69 Å². The lowest BCUT2D eigenvalue weighted by Crippen LogP contribution is -2.45. The maximum Gasteiger partial charge on any atom is 0.224 e.